The van der Waals surface area contributed by atoms with Crippen LogP contribution in [0.1, 0.15) is 17.0 Å². The van der Waals surface area contributed by atoms with Crippen molar-refractivity contribution >= 4 is 0 Å². The predicted octanol–water partition coefficient (Wildman–Crippen LogP) is 4.46. The third kappa shape index (κ3) is 2.14. The highest BCUT2D eigenvalue weighted by Crippen LogP contribution is 2.26. The third-order valence-electron chi connectivity index (χ3n) is 3.64. The third-order valence-corrected chi connectivity index (χ3v) is 3.64. The van der Waals surface area contributed by atoms with Gasteiger partial charge in [-0.2, -0.15) is 0 Å². The van der Waals surface area contributed by atoms with E-state index < -0.39 is 0 Å². The van der Waals surface area contributed by atoms with Crippen LogP contribution in [0.25, 0.3) is 17.1 Å². The molecule has 100 valence electrons. The molecule has 0 unspecified atom stereocenters. The van der Waals surface area contributed by atoms with E-state index in [9.17, 15) is 0 Å². The lowest BCUT2D eigenvalue weighted by Gasteiger charge is -2.11. The van der Waals surface area contributed by atoms with Gasteiger partial charge in [0.15, 0.2) is 0 Å². The summed E-state index contributed by atoms with van der Waals surface area (Å²) in [5.41, 5.74) is 5.83. The van der Waals surface area contributed by atoms with Crippen molar-refractivity contribution in [2.24, 2.45) is 0 Å². The Morgan fingerprint density at radius 3 is 2.30 bits per heavy atom. The van der Waals surface area contributed by atoms with Gasteiger partial charge in [0.05, 0.1) is 5.69 Å². The summed E-state index contributed by atoms with van der Waals surface area (Å²) in [6.07, 6.45) is 0. The first-order valence-corrected chi connectivity index (χ1v) is 6.85. The zero-order valence-corrected chi connectivity index (χ0v) is 12.1. The van der Waals surface area contributed by atoms with Crippen molar-refractivity contribution in [2.45, 2.75) is 20.8 Å². The van der Waals surface area contributed by atoms with Crippen LogP contribution in [0.4, 0.5) is 0 Å². The summed E-state index contributed by atoms with van der Waals surface area (Å²) in [6.45, 7) is 6.30. The molecule has 2 aromatic carbocycles. The second-order valence-electron chi connectivity index (χ2n) is 5.15. The molecule has 0 amide bonds. The van der Waals surface area contributed by atoms with Crippen molar-refractivity contribution < 1.29 is 0 Å². The summed E-state index contributed by atoms with van der Waals surface area (Å²) in [6, 6.07) is 18.9. The summed E-state index contributed by atoms with van der Waals surface area (Å²) in [5.74, 6) is 1.01. The van der Waals surface area contributed by atoms with Crippen molar-refractivity contribution in [3.8, 4) is 17.1 Å². The van der Waals surface area contributed by atoms with Gasteiger partial charge in [-0.15, -0.1) is 0 Å². The molecule has 0 saturated heterocycles. The molecule has 0 fully saturated rings. The van der Waals surface area contributed by atoms with Crippen LogP contribution in [-0.4, -0.2) is 9.55 Å². The molecule has 0 bridgehead atoms. The number of rotatable bonds is 2. The van der Waals surface area contributed by atoms with Gasteiger partial charge in [0.2, 0.25) is 0 Å². The van der Waals surface area contributed by atoms with E-state index in [1.807, 2.05) is 6.07 Å². The van der Waals surface area contributed by atoms with E-state index in [0.29, 0.717) is 0 Å². The molecule has 3 aromatic rings. The summed E-state index contributed by atoms with van der Waals surface area (Å²) < 4.78 is 2.23. The number of imidazole rings is 1. The second-order valence-corrected chi connectivity index (χ2v) is 5.15. The Balaban J connectivity index is 2.25. The lowest BCUT2D eigenvalue weighted by Crippen LogP contribution is -2.00. The number of hydrogen-bond acceptors (Lipinski definition) is 1. The second kappa shape index (κ2) is 4.97. The first-order valence-electron chi connectivity index (χ1n) is 6.85. The minimum absolute atomic E-state index is 1.01. The molecular weight excluding hydrogens is 244 g/mol. The molecular formula is C18H18N2. The molecule has 20 heavy (non-hydrogen) atoms. The van der Waals surface area contributed by atoms with Crippen molar-refractivity contribution in [1.82, 2.24) is 9.55 Å². The van der Waals surface area contributed by atoms with Gasteiger partial charge in [-0.1, -0.05) is 42.5 Å². The molecule has 1 heterocycles. The monoisotopic (exact) mass is 262 g/mol. The largest absolute Gasteiger partial charge is 0.297 e. The van der Waals surface area contributed by atoms with Gasteiger partial charge < -0.3 is 0 Å². The molecule has 0 saturated carbocycles. The van der Waals surface area contributed by atoms with Crippen molar-refractivity contribution in [3.63, 3.8) is 0 Å². The SMILES string of the molecule is Cc1cccc(-n2c(-c3ccccc3)nc(C)c2C)c1. The Kier molecular flexibility index (Phi) is 3.15. The van der Waals surface area contributed by atoms with Crippen LogP contribution in [0.15, 0.2) is 54.6 Å². The lowest BCUT2D eigenvalue weighted by atomic mass is 10.2. The van der Waals surface area contributed by atoms with Gasteiger partial charge in [0.25, 0.3) is 0 Å². The maximum atomic E-state index is 4.75. The standard InChI is InChI=1S/C18H18N2/c1-13-8-7-11-17(12-13)20-15(3)14(2)19-18(20)16-9-5-4-6-10-16/h4-12H,1-3H3. The number of hydrogen-bond donors (Lipinski definition) is 0. The molecule has 0 atom stereocenters. The van der Waals surface area contributed by atoms with Crippen molar-refractivity contribution in [1.29, 1.82) is 0 Å². The lowest BCUT2D eigenvalue weighted by molar-refractivity contribution is 1.01. The van der Waals surface area contributed by atoms with Gasteiger partial charge in [-0.25, -0.2) is 4.98 Å². The minimum atomic E-state index is 1.01. The Morgan fingerprint density at radius 1 is 0.850 bits per heavy atom. The molecule has 0 aliphatic rings. The molecule has 2 nitrogen and oxygen atoms in total. The Morgan fingerprint density at radius 2 is 1.60 bits per heavy atom. The first-order chi connectivity index (χ1) is 9.66. The van der Waals surface area contributed by atoms with E-state index in [0.717, 1.165) is 17.1 Å². The van der Waals surface area contributed by atoms with Crippen molar-refractivity contribution in [2.75, 3.05) is 0 Å². The van der Waals surface area contributed by atoms with Crippen LogP contribution in [0, 0.1) is 20.8 Å². The molecule has 0 N–H and O–H groups in total. The maximum Gasteiger partial charge on any atom is 0.145 e. The normalized spacial score (nSPS) is 10.8. The average molecular weight is 262 g/mol. The van der Waals surface area contributed by atoms with Crippen LogP contribution in [0.5, 0.6) is 0 Å². The number of nitrogens with zero attached hydrogens (tertiary/aromatic N) is 2. The maximum absolute atomic E-state index is 4.75. The highest BCUT2D eigenvalue weighted by Gasteiger charge is 2.14. The van der Waals surface area contributed by atoms with Gasteiger partial charge in [0, 0.05) is 16.9 Å². The van der Waals surface area contributed by atoms with Crippen molar-refractivity contribution in [3.05, 3.63) is 71.5 Å². The Hall–Kier alpha value is -2.35. The Labute approximate surface area is 119 Å². The van der Waals surface area contributed by atoms with Gasteiger partial charge in [-0.3, -0.25) is 4.57 Å². The summed E-state index contributed by atoms with van der Waals surface area (Å²) in [7, 11) is 0. The van der Waals surface area contributed by atoms with E-state index >= 15 is 0 Å². The number of aromatic nitrogens is 2. The fraction of sp³-hybridized carbons (Fsp3) is 0.167. The smallest absolute Gasteiger partial charge is 0.145 e. The van der Waals surface area contributed by atoms with Crippen LogP contribution in [0.3, 0.4) is 0 Å². The fourth-order valence-electron chi connectivity index (χ4n) is 2.47. The van der Waals surface area contributed by atoms with Gasteiger partial charge in [-0.05, 0) is 38.5 Å². The van der Waals surface area contributed by atoms with Gasteiger partial charge >= 0.3 is 0 Å². The van der Waals surface area contributed by atoms with E-state index in [-0.39, 0.29) is 0 Å². The molecule has 0 radical (unpaired) electrons. The average Bonchev–Trinajstić information content (AvgIpc) is 2.76. The summed E-state index contributed by atoms with van der Waals surface area (Å²) in [5, 5.41) is 0. The van der Waals surface area contributed by atoms with E-state index in [1.54, 1.807) is 0 Å². The van der Waals surface area contributed by atoms with Crippen LogP contribution < -0.4 is 0 Å². The predicted molar refractivity (Wildman–Crippen MR) is 83.2 cm³/mol. The minimum Gasteiger partial charge on any atom is -0.297 e. The van der Waals surface area contributed by atoms with Crippen LogP contribution in [0.2, 0.25) is 0 Å². The zero-order valence-electron chi connectivity index (χ0n) is 12.1. The summed E-state index contributed by atoms with van der Waals surface area (Å²) >= 11 is 0. The molecule has 1 aromatic heterocycles. The fourth-order valence-corrected chi connectivity index (χ4v) is 2.47. The Bertz CT molecular complexity index is 739. The highest BCUT2D eigenvalue weighted by molar-refractivity contribution is 5.60. The van der Waals surface area contributed by atoms with E-state index in [4.69, 9.17) is 4.98 Å². The molecule has 0 aliphatic carbocycles. The zero-order chi connectivity index (χ0) is 14.1. The first kappa shape index (κ1) is 12.7. The molecule has 0 aliphatic heterocycles. The topological polar surface area (TPSA) is 17.8 Å². The molecule has 2 heteroatoms. The number of aryl methyl sites for hydroxylation is 2. The van der Waals surface area contributed by atoms with E-state index in [1.165, 1.54) is 16.9 Å². The number of benzene rings is 2. The highest BCUT2D eigenvalue weighted by atomic mass is 15.1. The van der Waals surface area contributed by atoms with Crippen LogP contribution in [-0.2, 0) is 0 Å². The quantitative estimate of drug-likeness (QED) is 0.666. The van der Waals surface area contributed by atoms with E-state index in [2.05, 4.69) is 73.9 Å². The molecule has 3 rings (SSSR count). The van der Waals surface area contributed by atoms with Gasteiger partial charge in [0.1, 0.15) is 5.82 Å². The van der Waals surface area contributed by atoms with Crippen LogP contribution >= 0.6 is 0 Å². The molecule has 0 spiro atoms. The summed E-state index contributed by atoms with van der Waals surface area (Å²) in [4.78, 5) is 4.75.